The Morgan fingerprint density at radius 3 is 2.27 bits per heavy atom. The van der Waals surface area contributed by atoms with Crippen LogP contribution in [0.2, 0.25) is 0 Å². The van der Waals surface area contributed by atoms with Crippen LogP contribution in [0.4, 0.5) is 0 Å². The molecule has 86 valence electrons. The third-order valence-corrected chi connectivity index (χ3v) is 2.25. The van der Waals surface area contributed by atoms with E-state index in [1.165, 1.54) is 6.42 Å². The smallest absolute Gasteiger partial charge is 0.372 e. The fourth-order valence-electron chi connectivity index (χ4n) is 1.35. The SMILES string of the molecule is CC=CCCCCCCCC(=O)C(=O)O. The van der Waals surface area contributed by atoms with Crippen molar-refractivity contribution < 1.29 is 14.7 Å². The average Bonchev–Trinajstić information content (AvgIpc) is 2.21. The molecule has 1 N–H and O–H groups in total. The standard InChI is InChI=1S/C12H20O3/c1-2-3-4-5-6-7-8-9-10-11(13)12(14)15/h2-3H,4-10H2,1H3,(H,14,15). The molecule has 0 unspecified atom stereocenters. The molecular weight excluding hydrogens is 192 g/mol. The Labute approximate surface area is 91.2 Å². The summed E-state index contributed by atoms with van der Waals surface area (Å²) in [7, 11) is 0. The van der Waals surface area contributed by atoms with Gasteiger partial charge < -0.3 is 5.11 Å². The average molecular weight is 212 g/mol. The van der Waals surface area contributed by atoms with E-state index in [0.29, 0.717) is 6.42 Å². The largest absolute Gasteiger partial charge is 0.476 e. The minimum Gasteiger partial charge on any atom is -0.476 e. The number of allylic oxidation sites excluding steroid dienone is 2. The molecule has 0 heterocycles. The molecule has 0 rings (SSSR count). The summed E-state index contributed by atoms with van der Waals surface area (Å²) in [6.07, 6.45) is 10.6. The van der Waals surface area contributed by atoms with Crippen LogP contribution in [0.1, 0.15) is 51.9 Å². The lowest BCUT2D eigenvalue weighted by Crippen LogP contribution is -2.11. The van der Waals surface area contributed by atoms with Crippen LogP contribution < -0.4 is 0 Å². The highest BCUT2D eigenvalue weighted by molar-refractivity contribution is 6.32. The molecule has 0 saturated heterocycles. The van der Waals surface area contributed by atoms with Crippen LogP contribution in [0, 0.1) is 0 Å². The number of hydrogen-bond donors (Lipinski definition) is 1. The van der Waals surface area contributed by atoms with Gasteiger partial charge in [0.1, 0.15) is 0 Å². The highest BCUT2D eigenvalue weighted by Gasteiger charge is 2.09. The van der Waals surface area contributed by atoms with Crippen LogP contribution in [0.25, 0.3) is 0 Å². The van der Waals surface area contributed by atoms with Crippen molar-refractivity contribution in [3.05, 3.63) is 12.2 Å². The van der Waals surface area contributed by atoms with Gasteiger partial charge in [0, 0.05) is 6.42 Å². The summed E-state index contributed by atoms with van der Waals surface area (Å²) in [5.74, 6) is -1.97. The number of aliphatic carboxylic acids is 1. The van der Waals surface area contributed by atoms with Gasteiger partial charge in [0.05, 0.1) is 0 Å². The summed E-state index contributed by atoms with van der Waals surface area (Å²) in [5, 5.41) is 8.32. The monoisotopic (exact) mass is 212 g/mol. The van der Waals surface area contributed by atoms with Gasteiger partial charge in [0.2, 0.25) is 5.78 Å². The first-order valence-corrected chi connectivity index (χ1v) is 5.55. The molecular formula is C12H20O3. The second-order valence-electron chi connectivity index (χ2n) is 3.60. The fraction of sp³-hybridized carbons (Fsp3) is 0.667. The summed E-state index contributed by atoms with van der Waals surface area (Å²) < 4.78 is 0. The van der Waals surface area contributed by atoms with Gasteiger partial charge in [-0.25, -0.2) is 4.79 Å². The number of rotatable bonds is 9. The van der Waals surface area contributed by atoms with Gasteiger partial charge in [-0.15, -0.1) is 0 Å². The van der Waals surface area contributed by atoms with Gasteiger partial charge in [0.15, 0.2) is 0 Å². The third kappa shape index (κ3) is 9.19. The Hall–Kier alpha value is -1.12. The van der Waals surface area contributed by atoms with E-state index >= 15 is 0 Å². The van der Waals surface area contributed by atoms with Crippen molar-refractivity contribution in [2.75, 3.05) is 0 Å². The van der Waals surface area contributed by atoms with E-state index in [0.717, 1.165) is 25.7 Å². The third-order valence-electron chi connectivity index (χ3n) is 2.25. The van der Waals surface area contributed by atoms with E-state index in [9.17, 15) is 9.59 Å². The van der Waals surface area contributed by atoms with Crippen LogP contribution in [-0.4, -0.2) is 16.9 Å². The molecule has 0 aromatic heterocycles. The van der Waals surface area contributed by atoms with E-state index < -0.39 is 11.8 Å². The number of hydrogen-bond acceptors (Lipinski definition) is 2. The Balaban J connectivity index is 3.18. The highest BCUT2D eigenvalue weighted by atomic mass is 16.4. The highest BCUT2D eigenvalue weighted by Crippen LogP contribution is 2.07. The molecule has 0 aliphatic heterocycles. The minimum absolute atomic E-state index is 0.185. The second-order valence-corrected chi connectivity index (χ2v) is 3.60. The zero-order valence-electron chi connectivity index (χ0n) is 9.37. The molecule has 0 aromatic carbocycles. The predicted molar refractivity (Wildman–Crippen MR) is 59.8 cm³/mol. The lowest BCUT2D eigenvalue weighted by atomic mass is 10.1. The zero-order valence-corrected chi connectivity index (χ0v) is 9.37. The van der Waals surface area contributed by atoms with Crippen molar-refractivity contribution in [1.29, 1.82) is 0 Å². The van der Waals surface area contributed by atoms with Gasteiger partial charge >= 0.3 is 5.97 Å². The predicted octanol–water partition coefficient (Wildman–Crippen LogP) is 2.95. The molecule has 0 amide bonds. The van der Waals surface area contributed by atoms with Crippen molar-refractivity contribution in [2.45, 2.75) is 51.9 Å². The Kier molecular flexibility index (Phi) is 8.73. The zero-order chi connectivity index (χ0) is 11.5. The van der Waals surface area contributed by atoms with Crippen LogP contribution in [-0.2, 0) is 9.59 Å². The maximum absolute atomic E-state index is 10.7. The van der Waals surface area contributed by atoms with Gasteiger partial charge in [-0.3, -0.25) is 4.79 Å². The number of carboxylic acids is 1. The summed E-state index contributed by atoms with van der Waals surface area (Å²) in [6, 6.07) is 0. The first kappa shape index (κ1) is 13.9. The van der Waals surface area contributed by atoms with Crippen molar-refractivity contribution in [2.24, 2.45) is 0 Å². The van der Waals surface area contributed by atoms with Gasteiger partial charge in [0.25, 0.3) is 0 Å². The number of carbonyl (C=O) groups is 2. The van der Waals surface area contributed by atoms with Gasteiger partial charge in [-0.05, 0) is 26.2 Å². The maximum Gasteiger partial charge on any atom is 0.372 e. The van der Waals surface area contributed by atoms with Gasteiger partial charge in [-0.2, -0.15) is 0 Å². The summed E-state index contributed by atoms with van der Waals surface area (Å²) >= 11 is 0. The van der Waals surface area contributed by atoms with E-state index in [1.807, 2.05) is 13.0 Å². The maximum atomic E-state index is 10.7. The normalized spacial score (nSPS) is 10.7. The van der Waals surface area contributed by atoms with E-state index in [-0.39, 0.29) is 6.42 Å². The molecule has 0 aliphatic rings. The lowest BCUT2D eigenvalue weighted by Gasteiger charge is -1.98. The van der Waals surface area contributed by atoms with E-state index in [4.69, 9.17) is 5.11 Å². The molecule has 0 spiro atoms. The number of carbonyl (C=O) groups excluding carboxylic acids is 1. The van der Waals surface area contributed by atoms with Crippen LogP contribution >= 0.6 is 0 Å². The number of unbranched alkanes of at least 4 members (excludes halogenated alkanes) is 5. The summed E-state index contributed by atoms with van der Waals surface area (Å²) in [6.45, 7) is 2.01. The van der Waals surface area contributed by atoms with Gasteiger partial charge in [-0.1, -0.05) is 31.4 Å². The quantitative estimate of drug-likeness (QED) is 0.363. The molecule has 0 aliphatic carbocycles. The van der Waals surface area contributed by atoms with E-state index in [1.54, 1.807) is 0 Å². The first-order chi connectivity index (χ1) is 7.18. The molecule has 0 bridgehead atoms. The Morgan fingerprint density at radius 2 is 1.67 bits per heavy atom. The van der Waals surface area contributed by atoms with E-state index in [2.05, 4.69) is 6.08 Å². The fourth-order valence-corrected chi connectivity index (χ4v) is 1.35. The Bertz CT molecular complexity index is 219. The second kappa shape index (κ2) is 9.44. The van der Waals surface area contributed by atoms with Crippen LogP contribution in [0.5, 0.6) is 0 Å². The first-order valence-electron chi connectivity index (χ1n) is 5.55. The molecule has 0 aromatic rings. The van der Waals surface area contributed by atoms with Crippen molar-refractivity contribution in [1.82, 2.24) is 0 Å². The molecule has 0 fully saturated rings. The van der Waals surface area contributed by atoms with Crippen LogP contribution in [0.3, 0.4) is 0 Å². The van der Waals surface area contributed by atoms with Crippen LogP contribution in [0.15, 0.2) is 12.2 Å². The summed E-state index contributed by atoms with van der Waals surface area (Å²) in [4.78, 5) is 20.9. The Morgan fingerprint density at radius 1 is 1.07 bits per heavy atom. The van der Waals surface area contributed by atoms with Crippen molar-refractivity contribution in [3.8, 4) is 0 Å². The van der Waals surface area contributed by atoms with Crippen molar-refractivity contribution in [3.63, 3.8) is 0 Å². The summed E-state index contributed by atoms with van der Waals surface area (Å²) in [5.41, 5.74) is 0. The van der Waals surface area contributed by atoms with Crippen molar-refractivity contribution >= 4 is 11.8 Å². The number of Topliss-reactive ketones (excluding diaryl/α,β-unsaturated/α-hetero) is 1. The molecule has 15 heavy (non-hydrogen) atoms. The molecule has 0 atom stereocenters. The topological polar surface area (TPSA) is 54.4 Å². The molecule has 0 radical (unpaired) electrons. The number of ketones is 1. The number of carboxylic acid groups (broad SMARTS) is 1. The molecule has 0 saturated carbocycles. The minimum atomic E-state index is -1.30. The lowest BCUT2D eigenvalue weighted by molar-refractivity contribution is -0.149. The molecule has 3 nitrogen and oxygen atoms in total. The molecule has 3 heteroatoms.